The maximum absolute atomic E-state index is 12.5. The van der Waals surface area contributed by atoms with E-state index in [-0.39, 0.29) is 17.1 Å². The van der Waals surface area contributed by atoms with Crippen molar-refractivity contribution in [2.24, 2.45) is 0 Å². The monoisotopic (exact) mass is 367 g/mol. The summed E-state index contributed by atoms with van der Waals surface area (Å²) in [6, 6.07) is 7.76. The van der Waals surface area contributed by atoms with Crippen molar-refractivity contribution in [3.63, 3.8) is 0 Å². The maximum atomic E-state index is 12.5. The van der Waals surface area contributed by atoms with Crippen molar-refractivity contribution in [1.29, 1.82) is 0 Å². The van der Waals surface area contributed by atoms with Crippen molar-refractivity contribution < 1.29 is 4.79 Å². The zero-order valence-corrected chi connectivity index (χ0v) is 15.6. The van der Waals surface area contributed by atoms with Gasteiger partial charge < -0.3 is 16.0 Å². The van der Waals surface area contributed by atoms with Gasteiger partial charge in [0.1, 0.15) is 11.5 Å². The van der Waals surface area contributed by atoms with Crippen molar-refractivity contribution in [1.82, 2.24) is 15.0 Å². The van der Waals surface area contributed by atoms with E-state index in [1.807, 2.05) is 30.5 Å². The lowest BCUT2D eigenvalue weighted by Gasteiger charge is -2.09. The normalized spacial score (nSPS) is 15.2. The third-order valence-corrected chi connectivity index (χ3v) is 5.56. The molecule has 4 rings (SSSR count). The molecule has 26 heavy (non-hydrogen) atoms. The Bertz CT molecular complexity index is 976. The van der Waals surface area contributed by atoms with Gasteiger partial charge in [0.15, 0.2) is 0 Å². The molecule has 0 atom stereocenters. The second-order valence-corrected chi connectivity index (χ2v) is 7.87. The second-order valence-electron chi connectivity index (χ2n) is 7.00. The number of aromatic amines is 1. The van der Waals surface area contributed by atoms with Gasteiger partial charge in [0, 0.05) is 17.6 Å². The van der Waals surface area contributed by atoms with Gasteiger partial charge in [-0.05, 0) is 47.8 Å². The lowest BCUT2D eigenvalue weighted by molar-refractivity contribution is 0.101. The summed E-state index contributed by atoms with van der Waals surface area (Å²) in [5, 5.41) is 3.66. The summed E-state index contributed by atoms with van der Waals surface area (Å²) in [4.78, 5) is 24.3. The highest BCUT2D eigenvalue weighted by molar-refractivity contribution is 7.97. The highest BCUT2D eigenvalue weighted by Crippen LogP contribution is 2.50. The second kappa shape index (κ2) is 6.32. The first-order valence-electron chi connectivity index (χ1n) is 8.54. The Kier molecular flexibility index (Phi) is 4.11. The maximum Gasteiger partial charge on any atom is 0.293 e. The number of H-pyrrole nitrogens is 1. The number of nitrogens with zero attached hydrogens (tertiary/aromatic N) is 2. The third-order valence-electron chi connectivity index (χ3n) is 4.94. The Labute approximate surface area is 156 Å². The Hall–Kier alpha value is -2.54. The summed E-state index contributed by atoms with van der Waals surface area (Å²) in [5.74, 6) is 0.987. The van der Waals surface area contributed by atoms with Gasteiger partial charge in [-0.25, -0.2) is 9.97 Å². The van der Waals surface area contributed by atoms with Crippen LogP contribution in [0.3, 0.4) is 0 Å². The summed E-state index contributed by atoms with van der Waals surface area (Å²) in [6.45, 7) is 2.20. The van der Waals surface area contributed by atoms with E-state index in [1.165, 1.54) is 5.56 Å². The third kappa shape index (κ3) is 3.03. The van der Waals surface area contributed by atoms with Crippen LogP contribution in [-0.2, 0) is 11.2 Å². The van der Waals surface area contributed by atoms with Gasteiger partial charge >= 0.3 is 0 Å². The topological polar surface area (TPSA) is 96.7 Å². The van der Waals surface area contributed by atoms with Crippen LogP contribution in [0.2, 0.25) is 0 Å². The molecule has 6 nitrogen and oxygen atoms in total. The SMILES string of the molecule is CSCc1ccc(NC(=O)c2nc(N)c3c(C4(C)CC4)c[nH]c3n2)cc1. The van der Waals surface area contributed by atoms with Crippen LogP contribution >= 0.6 is 11.8 Å². The molecule has 0 unspecified atom stereocenters. The van der Waals surface area contributed by atoms with Gasteiger partial charge in [-0.2, -0.15) is 11.8 Å². The van der Waals surface area contributed by atoms with E-state index in [0.717, 1.165) is 29.5 Å². The zero-order valence-electron chi connectivity index (χ0n) is 14.8. The number of rotatable bonds is 5. The Morgan fingerprint density at radius 2 is 2.04 bits per heavy atom. The number of hydrogen-bond acceptors (Lipinski definition) is 5. The number of nitrogens with two attached hydrogens (primary N) is 1. The van der Waals surface area contributed by atoms with Crippen LogP contribution in [0.4, 0.5) is 11.5 Å². The van der Waals surface area contributed by atoms with Gasteiger partial charge in [-0.1, -0.05) is 19.1 Å². The standard InChI is InChI=1S/C19H21N5OS/c1-19(7-8-19)13-9-21-16-14(13)15(20)23-17(24-16)18(25)22-12-5-3-11(4-6-12)10-26-2/h3-6,9H,7-8,10H2,1-2H3,(H,22,25)(H3,20,21,23,24). The van der Waals surface area contributed by atoms with E-state index in [4.69, 9.17) is 5.73 Å². The molecule has 2 heterocycles. The van der Waals surface area contributed by atoms with Crippen LogP contribution in [0.5, 0.6) is 0 Å². The molecular weight excluding hydrogens is 346 g/mol. The molecule has 134 valence electrons. The lowest BCUT2D eigenvalue weighted by Crippen LogP contribution is -2.17. The van der Waals surface area contributed by atoms with Crippen LogP contribution < -0.4 is 11.1 Å². The molecule has 0 radical (unpaired) electrons. The molecule has 0 aliphatic heterocycles. The number of anilines is 2. The number of nitrogens with one attached hydrogen (secondary N) is 2. The smallest absolute Gasteiger partial charge is 0.293 e. The molecule has 1 aliphatic carbocycles. The van der Waals surface area contributed by atoms with E-state index in [1.54, 1.807) is 11.8 Å². The van der Waals surface area contributed by atoms with Crippen molar-refractivity contribution >= 4 is 40.2 Å². The van der Waals surface area contributed by atoms with E-state index in [2.05, 4.69) is 33.4 Å². The van der Waals surface area contributed by atoms with Crippen LogP contribution in [0, 0.1) is 0 Å². The van der Waals surface area contributed by atoms with Gasteiger partial charge in [-0.3, -0.25) is 4.79 Å². The summed E-state index contributed by atoms with van der Waals surface area (Å²) in [5.41, 5.74) is 9.98. The first kappa shape index (κ1) is 16.9. The number of nitrogen functional groups attached to an aromatic ring is 1. The van der Waals surface area contributed by atoms with E-state index in [9.17, 15) is 4.79 Å². The van der Waals surface area contributed by atoms with Crippen molar-refractivity contribution in [3.05, 3.63) is 47.4 Å². The first-order chi connectivity index (χ1) is 12.5. The number of fused-ring (bicyclic) bond motifs is 1. The number of hydrogen-bond donors (Lipinski definition) is 3. The average Bonchev–Trinajstić information content (AvgIpc) is 3.20. The minimum Gasteiger partial charge on any atom is -0.383 e. The molecule has 0 bridgehead atoms. The number of amides is 1. The summed E-state index contributed by atoms with van der Waals surface area (Å²) < 4.78 is 0. The number of carbonyl (C=O) groups excluding carboxylic acids is 1. The largest absolute Gasteiger partial charge is 0.383 e. The molecule has 1 aromatic carbocycles. The quantitative estimate of drug-likeness (QED) is 0.639. The first-order valence-corrected chi connectivity index (χ1v) is 9.94. The van der Waals surface area contributed by atoms with E-state index < -0.39 is 0 Å². The fraction of sp³-hybridized carbons (Fsp3) is 0.316. The number of carbonyl (C=O) groups is 1. The minimum absolute atomic E-state index is 0.0672. The molecule has 3 aromatic rings. The molecule has 0 spiro atoms. The fourth-order valence-electron chi connectivity index (χ4n) is 3.13. The minimum atomic E-state index is -0.370. The number of thioether (sulfide) groups is 1. The van der Waals surface area contributed by atoms with Gasteiger partial charge in [0.05, 0.1) is 5.39 Å². The van der Waals surface area contributed by atoms with Crippen LogP contribution in [0.15, 0.2) is 30.5 Å². The van der Waals surface area contributed by atoms with Crippen molar-refractivity contribution in [2.45, 2.75) is 30.9 Å². The Balaban J connectivity index is 1.59. The predicted octanol–water partition coefficient (Wildman–Crippen LogP) is 3.71. The summed E-state index contributed by atoms with van der Waals surface area (Å²) in [7, 11) is 0. The average molecular weight is 367 g/mol. The van der Waals surface area contributed by atoms with Crippen molar-refractivity contribution in [2.75, 3.05) is 17.3 Å². The highest BCUT2D eigenvalue weighted by Gasteiger charge is 2.41. The zero-order chi connectivity index (χ0) is 18.3. The van der Waals surface area contributed by atoms with Crippen LogP contribution in [0.25, 0.3) is 11.0 Å². The summed E-state index contributed by atoms with van der Waals surface area (Å²) in [6.07, 6.45) is 6.26. The number of benzene rings is 1. The molecule has 7 heteroatoms. The molecule has 1 aliphatic rings. The predicted molar refractivity (Wildman–Crippen MR) is 107 cm³/mol. The van der Waals surface area contributed by atoms with Crippen LogP contribution in [0.1, 0.15) is 41.5 Å². The number of aromatic nitrogens is 3. The fourth-order valence-corrected chi connectivity index (χ4v) is 3.66. The molecule has 1 amide bonds. The van der Waals surface area contributed by atoms with Gasteiger partial charge in [0.2, 0.25) is 5.82 Å². The van der Waals surface area contributed by atoms with E-state index >= 15 is 0 Å². The highest BCUT2D eigenvalue weighted by atomic mass is 32.2. The summed E-state index contributed by atoms with van der Waals surface area (Å²) >= 11 is 1.76. The lowest BCUT2D eigenvalue weighted by atomic mass is 9.99. The molecule has 4 N–H and O–H groups in total. The van der Waals surface area contributed by atoms with Gasteiger partial charge in [0.25, 0.3) is 5.91 Å². The Morgan fingerprint density at radius 3 is 2.69 bits per heavy atom. The van der Waals surface area contributed by atoms with E-state index in [0.29, 0.717) is 17.2 Å². The van der Waals surface area contributed by atoms with Crippen LogP contribution in [-0.4, -0.2) is 27.1 Å². The molecular formula is C19H21N5OS. The molecule has 2 aromatic heterocycles. The van der Waals surface area contributed by atoms with Gasteiger partial charge in [-0.15, -0.1) is 0 Å². The molecule has 0 saturated heterocycles. The Morgan fingerprint density at radius 1 is 1.31 bits per heavy atom. The molecule has 1 fully saturated rings. The van der Waals surface area contributed by atoms with Crippen molar-refractivity contribution in [3.8, 4) is 0 Å². The molecule has 1 saturated carbocycles.